The molecule has 1 rings (SSSR count). The molecule has 76 valence electrons. The molecular weight excluding hydrogens is 170 g/mol. The second-order valence-electron chi connectivity index (χ2n) is 3.45. The lowest BCUT2D eigenvalue weighted by Gasteiger charge is -2.01. The third-order valence-corrected chi connectivity index (χ3v) is 2.27. The molecule has 1 heteroatoms. The molecule has 0 fully saturated rings. The summed E-state index contributed by atoms with van der Waals surface area (Å²) < 4.78 is 0. The average Bonchev–Trinajstić information content (AvgIpc) is 2.25. The first-order chi connectivity index (χ1) is 6.93. The van der Waals surface area contributed by atoms with E-state index in [2.05, 4.69) is 42.2 Å². The van der Waals surface area contributed by atoms with E-state index in [1.165, 1.54) is 31.2 Å². The summed E-state index contributed by atoms with van der Waals surface area (Å²) >= 11 is 0. The van der Waals surface area contributed by atoms with E-state index in [-0.39, 0.29) is 0 Å². The molecule has 1 aromatic carbocycles. The van der Waals surface area contributed by atoms with Crippen molar-refractivity contribution in [3.63, 3.8) is 0 Å². The molecule has 1 nitrogen and oxygen atoms in total. The Morgan fingerprint density at radius 2 is 1.86 bits per heavy atom. The van der Waals surface area contributed by atoms with Crippen molar-refractivity contribution in [2.75, 3.05) is 6.54 Å². The van der Waals surface area contributed by atoms with Crippen LogP contribution in [0.4, 0.5) is 0 Å². The Morgan fingerprint density at radius 3 is 2.57 bits per heavy atom. The molecule has 0 saturated carbocycles. The highest BCUT2D eigenvalue weighted by Crippen LogP contribution is 2.05. The van der Waals surface area contributed by atoms with Gasteiger partial charge in [0.25, 0.3) is 0 Å². The first-order valence-electron chi connectivity index (χ1n) is 5.31. The molecule has 0 aliphatic heterocycles. The van der Waals surface area contributed by atoms with Gasteiger partial charge < -0.3 is 5.32 Å². The molecule has 0 saturated heterocycles. The number of rotatable bonds is 7. The second-order valence-corrected chi connectivity index (χ2v) is 3.45. The Kier molecular flexibility index (Phi) is 5.57. The van der Waals surface area contributed by atoms with Crippen molar-refractivity contribution in [3.05, 3.63) is 48.7 Å². The van der Waals surface area contributed by atoms with Gasteiger partial charge in [-0.1, -0.05) is 43.3 Å². The van der Waals surface area contributed by atoms with Crippen LogP contribution in [0, 0.1) is 0 Å². The van der Waals surface area contributed by atoms with E-state index in [9.17, 15) is 0 Å². The third kappa shape index (κ3) is 4.70. The molecule has 1 N–H and O–H groups in total. The highest BCUT2D eigenvalue weighted by atomic mass is 14.8. The predicted octanol–water partition coefficient (Wildman–Crippen LogP) is 3.13. The molecule has 0 amide bonds. The fourth-order valence-electron chi connectivity index (χ4n) is 1.48. The van der Waals surface area contributed by atoms with Crippen molar-refractivity contribution < 1.29 is 0 Å². The largest absolute Gasteiger partial charge is 0.391 e. The molecule has 0 radical (unpaired) electrons. The monoisotopic (exact) mass is 189 g/mol. The second kappa shape index (κ2) is 7.19. The zero-order valence-corrected chi connectivity index (χ0v) is 8.71. The maximum atomic E-state index is 3.61. The topological polar surface area (TPSA) is 12.0 Å². The van der Waals surface area contributed by atoms with Crippen LogP contribution < -0.4 is 5.32 Å². The standard InChI is InChI=1S/C13H19N/c1-2-14-12-8-4-7-11-13-9-5-3-6-10-13/h2-3,5-6,9-10,14H,1,4,7-8,11-12H2. The Labute approximate surface area is 86.8 Å². The summed E-state index contributed by atoms with van der Waals surface area (Å²) in [6.07, 6.45) is 6.77. The van der Waals surface area contributed by atoms with Gasteiger partial charge in [0, 0.05) is 6.54 Å². The Morgan fingerprint density at radius 1 is 1.07 bits per heavy atom. The quantitative estimate of drug-likeness (QED) is 0.650. The molecule has 0 heterocycles. The van der Waals surface area contributed by atoms with Gasteiger partial charge in [0.1, 0.15) is 0 Å². The van der Waals surface area contributed by atoms with Gasteiger partial charge >= 0.3 is 0 Å². The number of unbranched alkanes of at least 4 members (excludes halogenated alkanes) is 2. The SMILES string of the molecule is C=CNCCCCCc1ccccc1. The van der Waals surface area contributed by atoms with Crippen LogP contribution in [0.3, 0.4) is 0 Å². The van der Waals surface area contributed by atoms with Crippen LogP contribution in [0.5, 0.6) is 0 Å². The van der Waals surface area contributed by atoms with Crippen LogP contribution in [-0.2, 0) is 6.42 Å². The Hall–Kier alpha value is -1.24. The lowest BCUT2D eigenvalue weighted by atomic mass is 10.1. The van der Waals surface area contributed by atoms with Crippen molar-refractivity contribution in [2.24, 2.45) is 0 Å². The van der Waals surface area contributed by atoms with Gasteiger partial charge in [-0.15, -0.1) is 0 Å². The third-order valence-electron chi connectivity index (χ3n) is 2.27. The summed E-state index contributed by atoms with van der Waals surface area (Å²) in [5.74, 6) is 0. The first-order valence-corrected chi connectivity index (χ1v) is 5.31. The van der Waals surface area contributed by atoms with Crippen LogP contribution in [0.25, 0.3) is 0 Å². The summed E-state index contributed by atoms with van der Waals surface area (Å²) in [7, 11) is 0. The minimum atomic E-state index is 1.05. The van der Waals surface area contributed by atoms with Gasteiger partial charge in [0.15, 0.2) is 0 Å². The zero-order valence-electron chi connectivity index (χ0n) is 8.71. The van der Waals surface area contributed by atoms with Crippen LogP contribution in [0.1, 0.15) is 24.8 Å². The van der Waals surface area contributed by atoms with E-state index in [1.807, 2.05) is 0 Å². The molecule has 0 aliphatic rings. The summed E-state index contributed by atoms with van der Waals surface area (Å²) in [5.41, 5.74) is 1.45. The highest BCUT2D eigenvalue weighted by Gasteiger charge is 1.91. The minimum Gasteiger partial charge on any atom is -0.391 e. The number of hydrogen-bond donors (Lipinski definition) is 1. The highest BCUT2D eigenvalue weighted by molar-refractivity contribution is 5.14. The van der Waals surface area contributed by atoms with E-state index in [1.54, 1.807) is 6.20 Å². The van der Waals surface area contributed by atoms with Gasteiger partial charge in [-0.2, -0.15) is 0 Å². The molecule has 0 atom stereocenters. The smallest absolute Gasteiger partial charge is 0.0141 e. The van der Waals surface area contributed by atoms with E-state index in [0.717, 1.165) is 6.54 Å². The summed E-state index contributed by atoms with van der Waals surface area (Å²) in [4.78, 5) is 0. The fourth-order valence-corrected chi connectivity index (χ4v) is 1.48. The summed E-state index contributed by atoms with van der Waals surface area (Å²) in [6.45, 7) is 4.67. The predicted molar refractivity (Wildman–Crippen MR) is 62.2 cm³/mol. The van der Waals surface area contributed by atoms with E-state index >= 15 is 0 Å². The normalized spacial score (nSPS) is 9.71. The van der Waals surface area contributed by atoms with Gasteiger partial charge in [0.05, 0.1) is 0 Å². The maximum Gasteiger partial charge on any atom is 0.0141 e. The maximum absolute atomic E-state index is 3.61. The minimum absolute atomic E-state index is 1.05. The molecule has 1 aromatic rings. The number of benzene rings is 1. The van der Waals surface area contributed by atoms with Crippen LogP contribution in [0.2, 0.25) is 0 Å². The number of nitrogens with one attached hydrogen (secondary N) is 1. The lowest BCUT2D eigenvalue weighted by molar-refractivity contribution is 0.655. The Bertz CT molecular complexity index is 241. The average molecular weight is 189 g/mol. The number of aryl methyl sites for hydroxylation is 1. The van der Waals surface area contributed by atoms with Crippen LogP contribution >= 0.6 is 0 Å². The van der Waals surface area contributed by atoms with Crippen molar-refractivity contribution in [3.8, 4) is 0 Å². The molecule has 0 spiro atoms. The fraction of sp³-hybridized carbons (Fsp3) is 0.385. The van der Waals surface area contributed by atoms with E-state index in [0.29, 0.717) is 0 Å². The molecular formula is C13H19N. The number of hydrogen-bond acceptors (Lipinski definition) is 1. The Balaban J connectivity index is 2.02. The van der Waals surface area contributed by atoms with Gasteiger partial charge in [0.2, 0.25) is 0 Å². The van der Waals surface area contributed by atoms with Crippen molar-refractivity contribution in [2.45, 2.75) is 25.7 Å². The van der Waals surface area contributed by atoms with Crippen molar-refractivity contribution in [1.29, 1.82) is 0 Å². The van der Waals surface area contributed by atoms with Gasteiger partial charge in [-0.05, 0) is 31.0 Å². The molecule has 0 aliphatic carbocycles. The first kappa shape index (κ1) is 10.8. The molecule has 0 bridgehead atoms. The van der Waals surface area contributed by atoms with Crippen LogP contribution in [0.15, 0.2) is 43.1 Å². The van der Waals surface area contributed by atoms with Crippen molar-refractivity contribution >= 4 is 0 Å². The van der Waals surface area contributed by atoms with Crippen molar-refractivity contribution in [1.82, 2.24) is 5.32 Å². The zero-order chi connectivity index (χ0) is 10.1. The van der Waals surface area contributed by atoms with Crippen LogP contribution in [-0.4, -0.2) is 6.54 Å². The molecule has 14 heavy (non-hydrogen) atoms. The summed E-state index contributed by atoms with van der Waals surface area (Å²) in [5, 5.41) is 3.11. The molecule has 0 aromatic heterocycles. The van der Waals surface area contributed by atoms with Gasteiger partial charge in [-0.3, -0.25) is 0 Å². The lowest BCUT2D eigenvalue weighted by Crippen LogP contribution is -2.05. The van der Waals surface area contributed by atoms with E-state index in [4.69, 9.17) is 0 Å². The van der Waals surface area contributed by atoms with Gasteiger partial charge in [-0.25, -0.2) is 0 Å². The van der Waals surface area contributed by atoms with E-state index < -0.39 is 0 Å². The molecule has 0 unspecified atom stereocenters. The summed E-state index contributed by atoms with van der Waals surface area (Å²) in [6, 6.07) is 10.7.